The Hall–Kier alpha value is -4.73. The Bertz CT molecular complexity index is 2100. The van der Waals surface area contributed by atoms with Crippen molar-refractivity contribution in [2.75, 3.05) is 40.0 Å². The van der Waals surface area contributed by atoms with Gasteiger partial charge in [-0.2, -0.15) is 4.98 Å². The summed E-state index contributed by atoms with van der Waals surface area (Å²) in [6.07, 6.45) is 4.41. The minimum atomic E-state index is -1.10. The van der Waals surface area contributed by atoms with Crippen LogP contribution in [0.4, 0.5) is 4.39 Å². The van der Waals surface area contributed by atoms with Gasteiger partial charge in [0.15, 0.2) is 23.1 Å². The molecule has 5 aliphatic rings. The average Bonchev–Trinajstić information content (AvgIpc) is 3.75. The lowest BCUT2D eigenvalue weighted by Crippen LogP contribution is -2.65. The number of benzene rings is 2. The fraction of sp³-hybridized carbons (Fsp3) is 0.421. The maximum Gasteiger partial charge on any atom is 0.317 e. The molecule has 2 saturated heterocycles. The van der Waals surface area contributed by atoms with E-state index in [1.807, 2.05) is 0 Å². The number of H-pyrrole nitrogens is 1. The summed E-state index contributed by atoms with van der Waals surface area (Å²) >= 11 is 0. The van der Waals surface area contributed by atoms with Gasteiger partial charge in [-0.05, 0) is 75.3 Å². The predicted molar refractivity (Wildman–Crippen MR) is 182 cm³/mol. The third kappa shape index (κ3) is 4.92. The highest BCUT2D eigenvalue weighted by atomic mass is 19.1. The number of likely N-dealkylation sites (tertiary alicyclic amines) is 1. The number of carbonyl (C=O) groups is 1. The summed E-state index contributed by atoms with van der Waals surface area (Å²) in [5.41, 5.74) is 2.47. The first-order chi connectivity index (χ1) is 25.1. The number of imidazole rings is 1. The highest BCUT2D eigenvalue weighted by Crippen LogP contribution is 2.63. The summed E-state index contributed by atoms with van der Waals surface area (Å²) < 4.78 is 38.1. The molecule has 5 heterocycles. The van der Waals surface area contributed by atoms with Crippen LogP contribution >= 0.6 is 0 Å². The molecule has 4 N–H and O–H groups in total. The number of aliphatic hydroxyl groups excluding tert-OH is 2. The van der Waals surface area contributed by atoms with Crippen LogP contribution in [0, 0.1) is 17.2 Å². The Morgan fingerprint density at radius 2 is 1.94 bits per heavy atom. The first-order valence-corrected chi connectivity index (χ1v) is 17.4. The molecule has 0 unspecified atom stereocenters. The largest absolute Gasteiger partial charge is 0.504 e. The third-order valence-electron chi connectivity index (χ3n) is 11.5. The van der Waals surface area contributed by atoms with Crippen LogP contribution in [0.15, 0.2) is 54.7 Å². The number of ether oxygens (including phenoxy) is 4. The van der Waals surface area contributed by atoms with Crippen molar-refractivity contribution >= 4 is 5.78 Å². The molecule has 1 spiro atoms. The number of aromatic amines is 1. The van der Waals surface area contributed by atoms with Crippen LogP contribution in [0.5, 0.6) is 17.5 Å². The van der Waals surface area contributed by atoms with Gasteiger partial charge < -0.3 is 44.2 Å². The van der Waals surface area contributed by atoms with E-state index in [4.69, 9.17) is 23.9 Å². The van der Waals surface area contributed by atoms with Crippen molar-refractivity contribution in [1.82, 2.24) is 24.8 Å². The summed E-state index contributed by atoms with van der Waals surface area (Å²) in [5.74, 6) is 0.0455. The monoisotopic (exact) mass is 711 g/mol. The Kier molecular flexibility index (Phi) is 7.75. The second kappa shape index (κ2) is 12.2. The van der Waals surface area contributed by atoms with E-state index in [2.05, 4.69) is 33.0 Å². The fourth-order valence-corrected chi connectivity index (χ4v) is 8.94. The van der Waals surface area contributed by atoms with Gasteiger partial charge in [0.1, 0.15) is 24.6 Å². The molecule has 2 aromatic carbocycles. The molecule has 0 radical (unpaired) electrons. The molecule has 4 aromatic rings. The summed E-state index contributed by atoms with van der Waals surface area (Å²) in [7, 11) is 2.09. The Balaban J connectivity index is 1.02. The Morgan fingerprint density at radius 3 is 2.71 bits per heavy atom. The standard InChI is InChI=1S/C38H38FN5O8/c1-37(32(48)22-16-27(47)31-28-21(22)15-25-23-7-8-26(46)33(52-31)38(23,28)10-12-44(25)2)17-50-35(51-18-37)34-42-29(19-3-5-20(39)6-4-19)30(43-34)24-9-11-40-36(41-24)49-14-13-45/h3-9,11,16,23,25-26,33,35,45-47H,10,12-15,17-18H2,1-2H3,(H,42,43)/t23-,25+,26-,33-,35?,37?,38-/m0/s1. The molecule has 14 heteroatoms. The van der Waals surface area contributed by atoms with Gasteiger partial charge in [0.25, 0.3) is 0 Å². The van der Waals surface area contributed by atoms with Crippen molar-refractivity contribution < 1.29 is 43.5 Å². The molecular formula is C38H38FN5O8. The predicted octanol–water partition coefficient (Wildman–Crippen LogP) is 3.49. The summed E-state index contributed by atoms with van der Waals surface area (Å²) in [6, 6.07) is 9.21. The van der Waals surface area contributed by atoms with E-state index in [-0.39, 0.29) is 55.9 Å². The van der Waals surface area contributed by atoms with Gasteiger partial charge >= 0.3 is 6.01 Å². The highest BCUT2D eigenvalue weighted by Gasteiger charge is 2.65. The molecule has 52 heavy (non-hydrogen) atoms. The average molecular weight is 712 g/mol. The van der Waals surface area contributed by atoms with Gasteiger partial charge in [0, 0.05) is 40.3 Å². The van der Waals surface area contributed by atoms with Gasteiger partial charge in [0.2, 0.25) is 6.29 Å². The number of Topliss-reactive ketones (excluding diaryl/α,β-unsaturated/α-hetero) is 1. The molecular weight excluding hydrogens is 673 g/mol. The Morgan fingerprint density at radius 1 is 1.15 bits per heavy atom. The number of aliphatic hydroxyl groups is 2. The van der Waals surface area contributed by atoms with Crippen LogP contribution in [0.2, 0.25) is 0 Å². The number of likely N-dealkylation sites (N-methyl/N-ethyl adjacent to an activating group) is 1. The zero-order chi connectivity index (χ0) is 35.9. The minimum absolute atomic E-state index is 0.0000323. The number of piperidine rings is 1. The molecule has 0 amide bonds. The number of hydrogen-bond acceptors (Lipinski definition) is 12. The first-order valence-electron chi connectivity index (χ1n) is 17.4. The van der Waals surface area contributed by atoms with E-state index in [1.54, 1.807) is 31.2 Å². The number of ketones is 1. The maximum absolute atomic E-state index is 14.6. The molecule has 0 saturated carbocycles. The molecule has 2 aliphatic carbocycles. The number of aromatic hydroxyl groups is 1. The molecule has 9 rings (SSSR count). The van der Waals surface area contributed by atoms with Crippen molar-refractivity contribution in [1.29, 1.82) is 0 Å². The minimum Gasteiger partial charge on any atom is -0.504 e. The number of hydrogen-bond donors (Lipinski definition) is 4. The van der Waals surface area contributed by atoms with E-state index in [0.717, 1.165) is 24.1 Å². The number of rotatable bonds is 8. The van der Waals surface area contributed by atoms with Gasteiger partial charge in [-0.15, -0.1) is 0 Å². The zero-order valence-electron chi connectivity index (χ0n) is 28.6. The second-order valence-corrected chi connectivity index (χ2v) is 14.6. The van der Waals surface area contributed by atoms with Crippen molar-refractivity contribution in [3.8, 4) is 40.2 Å². The molecule has 2 aromatic heterocycles. The lowest BCUT2D eigenvalue weighted by Gasteiger charge is -2.56. The molecule has 2 fully saturated rings. The maximum atomic E-state index is 14.6. The second-order valence-electron chi connectivity index (χ2n) is 14.6. The summed E-state index contributed by atoms with van der Waals surface area (Å²) in [5, 5.41) is 31.5. The topological polar surface area (TPSA) is 172 Å². The van der Waals surface area contributed by atoms with Crippen LogP contribution < -0.4 is 9.47 Å². The van der Waals surface area contributed by atoms with Gasteiger partial charge in [-0.3, -0.25) is 4.79 Å². The number of phenols is 1. The van der Waals surface area contributed by atoms with Crippen molar-refractivity contribution in [3.05, 3.63) is 83.1 Å². The number of phenolic OH excluding ortho intramolecular Hbond substituents is 1. The van der Waals surface area contributed by atoms with Crippen LogP contribution in [0.1, 0.15) is 46.9 Å². The molecule has 3 aliphatic heterocycles. The van der Waals surface area contributed by atoms with Crippen LogP contribution in [0.25, 0.3) is 22.6 Å². The van der Waals surface area contributed by atoms with Gasteiger partial charge in [0.05, 0.1) is 42.3 Å². The lowest BCUT2D eigenvalue weighted by molar-refractivity contribution is -0.221. The fourth-order valence-electron chi connectivity index (χ4n) is 8.94. The number of nitrogens with zero attached hydrogens (tertiary/aromatic N) is 4. The molecule has 2 bridgehead atoms. The van der Waals surface area contributed by atoms with Crippen molar-refractivity contribution in [3.63, 3.8) is 0 Å². The molecule has 270 valence electrons. The van der Waals surface area contributed by atoms with Crippen molar-refractivity contribution in [2.24, 2.45) is 11.3 Å². The van der Waals surface area contributed by atoms with Crippen LogP contribution in [0.3, 0.4) is 0 Å². The van der Waals surface area contributed by atoms with E-state index in [0.29, 0.717) is 46.2 Å². The summed E-state index contributed by atoms with van der Waals surface area (Å²) in [4.78, 5) is 33.5. The first kappa shape index (κ1) is 33.1. The van der Waals surface area contributed by atoms with E-state index >= 15 is 0 Å². The number of carbonyl (C=O) groups excluding carboxylic acids is 1. The number of nitrogens with one attached hydrogen (secondary N) is 1. The Labute approximate surface area is 298 Å². The molecule has 5 atom stereocenters. The summed E-state index contributed by atoms with van der Waals surface area (Å²) in [6.45, 7) is 2.42. The zero-order valence-corrected chi connectivity index (χ0v) is 28.6. The van der Waals surface area contributed by atoms with Crippen LogP contribution in [-0.2, 0) is 21.3 Å². The van der Waals surface area contributed by atoms with Crippen LogP contribution in [-0.4, -0.2) is 104 Å². The SMILES string of the molecule is CN1CC[C@]23c4c5c(C(=O)C6(C)COC(c7nc(-c8ccc(F)cc8)c(-c8ccnc(OCCO)n8)[nH]7)OC6)cc(O)c4O[C@H]2[C@@H](O)C=C[C@H]3[C@H]1C5. The normalized spacial score (nSPS) is 30.1. The van der Waals surface area contributed by atoms with E-state index in [9.17, 15) is 24.5 Å². The number of halogens is 1. The van der Waals surface area contributed by atoms with Gasteiger partial charge in [-0.1, -0.05) is 12.2 Å². The quantitative estimate of drug-likeness (QED) is 0.155. The van der Waals surface area contributed by atoms with Gasteiger partial charge in [-0.25, -0.2) is 14.4 Å². The smallest absolute Gasteiger partial charge is 0.317 e. The van der Waals surface area contributed by atoms with E-state index in [1.165, 1.54) is 24.4 Å². The lowest BCUT2D eigenvalue weighted by atomic mass is 9.52. The molecule has 13 nitrogen and oxygen atoms in total. The van der Waals surface area contributed by atoms with E-state index < -0.39 is 35.1 Å². The highest BCUT2D eigenvalue weighted by molar-refractivity contribution is 6.03. The van der Waals surface area contributed by atoms with Crippen molar-refractivity contribution in [2.45, 2.75) is 49.7 Å². The third-order valence-corrected chi connectivity index (χ3v) is 11.5. The number of aromatic nitrogens is 4.